The molecule has 2 aliphatic heterocycles. The molecular formula is C25H28N6O. The van der Waals surface area contributed by atoms with Crippen molar-refractivity contribution in [2.75, 3.05) is 31.1 Å². The van der Waals surface area contributed by atoms with Crippen molar-refractivity contribution in [1.82, 2.24) is 24.8 Å². The fourth-order valence-electron chi connectivity index (χ4n) is 5.31. The second kappa shape index (κ2) is 8.06. The summed E-state index contributed by atoms with van der Waals surface area (Å²) in [7, 11) is 0. The molecule has 7 nitrogen and oxygen atoms in total. The van der Waals surface area contributed by atoms with Crippen molar-refractivity contribution >= 4 is 16.7 Å². The highest BCUT2D eigenvalue weighted by Gasteiger charge is 2.26. The van der Waals surface area contributed by atoms with E-state index in [2.05, 4.69) is 66.1 Å². The Hall–Kier alpha value is -3.19. The summed E-state index contributed by atoms with van der Waals surface area (Å²) in [4.78, 5) is 5.05. The highest BCUT2D eigenvalue weighted by Crippen LogP contribution is 2.34. The first-order chi connectivity index (χ1) is 15.8. The molecule has 164 valence electrons. The van der Waals surface area contributed by atoms with E-state index in [1.165, 1.54) is 16.8 Å². The molecule has 2 aromatic carbocycles. The van der Waals surface area contributed by atoms with Crippen molar-refractivity contribution in [2.45, 2.75) is 38.6 Å². The molecule has 0 spiro atoms. The molecule has 32 heavy (non-hydrogen) atoms. The van der Waals surface area contributed by atoms with E-state index in [-0.39, 0.29) is 0 Å². The maximum atomic E-state index is 5.54. The van der Waals surface area contributed by atoms with Gasteiger partial charge in [-0.15, -0.1) is 10.2 Å². The zero-order valence-corrected chi connectivity index (χ0v) is 18.4. The lowest BCUT2D eigenvalue weighted by atomic mass is 9.91. The van der Waals surface area contributed by atoms with E-state index in [1.807, 2.05) is 19.1 Å². The highest BCUT2D eigenvalue weighted by atomic mass is 16.5. The molecule has 0 N–H and O–H groups in total. The molecule has 4 heterocycles. The molecule has 0 aliphatic carbocycles. The predicted octanol–water partition coefficient (Wildman–Crippen LogP) is 4.31. The van der Waals surface area contributed by atoms with Crippen LogP contribution in [0.3, 0.4) is 0 Å². The molecule has 0 saturated carbocycles. The van der Waals surface area contributed by atoms with Crippen LogP contribution in [0.15, 0.2) is 53.1 Å². The molecular weight excluding hydrogens is 400 g/mol. The molecule has 2 aromatic heterocycles. The number of benzene rings is 2. The summed E-state index contributed by atoms with van der Waals surface area (Å²) in [5.74, 6) is 2.48. The Kier molecular flexibility index (Phi) is 4.91. The Labute approximate surface area is 187 Å². The summed E-state index contributed by atoms with van der Waals surface area (Å²) in [5, 5.41) is 14.3. The molecule has 7 heteroatoms. The minimum atomic E-state index is 0.499. The zero-order valence-electron chi connectivity index (χ0n) is 18.4. The molecule has 1 fully saturated rings. The van der Waals surface area contributed by atoms with E-state index in [0.717, 1.165) is 74.9 Å². The third-order valence-electron chi connectivity index (χ3n) is 6.97. The summed E-state index contributed by atoms with van der Waals surface area (Å²) < 4.78 is 7.72. The quantitative estimate of drug-likeness (QED) is 0.472. The van der Waals surface area contributed by atoms with E-state index in [1.54, 1.807) is 0 Å². The lowest BCUT2D eigenvalue weighted by Crippen LogP contribution is -2.36. The average molecular weight is 429 g/mol. The van der Waals surface area contributed by atoms with Crippen LogP contribution < -0.4 is 4.90 Å². The Morgan fingerprint density at radius 3 is 2.59 bits per heavy atom. The van der Waals surface area contributed by atoms with Gasteiger partial charge in [0.15, 0.2) is 11.4 Å². The second-order valence-corrected chi connectivity index (χ2v) is 8.94. The van der Waals surface area contributed by atoms with Crippen molar-refractivity contribution < 1.29 is 4.52 Å². The van der Waals surface area contributed by atoms with Crippen molar-refractivity contribution in [1.29, 1.82) is 0 Å². The summed E-state index contributed by atoms with van der Waals surface area (Å²) in [6.45, 7) is 7.23. The van der Waals surface area contributed by atoms with Crippen molar-refractivity contribution in [3.05, 3.63) is 65.9 Å². The first kappa shape index (κ1) is 19.5. The Balaban J connectivity index is 1.06. The van der Waals surface area contributed by atoms with Gasteiger partial charge in [-0.3, -0.25) is 4.57 Å². The Morgan fingerprint density at radius 1 is 0.938 bits per heavy atom. The minimum Gasteiger partial charge on any atom is -0.362 e. The zero-order chi connectivity index (χ0) is 21.5. The lowest BCUT2D eigenvalue weighted by Gasteiger charge is -2.34. The second-order valence-electron chi connectivity index (χ2n) is 8.94. The van der Waals surface area contributed by atoms with Crippen molar-refractivity contribution in [2.24, 2.45) is 0 Å². The van der Waals surface area contributed by atoms with Gasteiger partial charge in [-0.05, 0) is 70.1 Å². The summed E-state index contributed by atoms with van der Waals surface area (Å²) in [6.07, 6.45) is 3.43. The van der Waals surface area contributed by atoms with Gasteiger partial charge in [-0.25, -0.2) is 0 Å². The number of nitrogens with zero attached hydrogens (tertiary/aromatic N) is 6. The number of hydrogen-bond donors (Lipinski definition) is 0. The van der Waals surface area contributed by atoms with Gasteiger partial charge in [0.1, 0.15) is 5.82 Å². The number of hydrogen-bond acceptors (Lipinski definition) is 6. The van der Waals surface area contributed by atoms with Crippen LogP contribution in [0.25, 0.3) is 16.7 Å². The first-order valence-electron chi connectivity index (χ1n) is 11.6. The SMILES string of the molecule is Cc1nnc2n1-c1ccccc1N(CCCN1CCC(c3noc4ccccc34)CC1)C2. The van der Waals surface area contributed by atoms with Crippen LogP contribution in [0.4, 0.5) is 5.69 Å². The fourth-order valence-corrected chi connectivity index (χ4v) is 5.31. The Morgan fingerprint density at radius 2 is 1.72 bits per heavy atom. The largest absolute Gasteiger partial charge is 0.362 e. The van der Waals surface area contributed by atoms with Crippen molar-refractivity contribution in [3.8, 4) is 5.69 Å². The maximum absolute atomic E-state index is 5.54. The van der Waals surface area contributed by atoms with Gasteiger partial charge in [0.2, 0.25) is 0 Å². The third kappa shape index (κ3) is 3.37. The van der Waals surface area contributed by atoms with Gasteiger partial charge in [0.25, 0.3) is 0 Å². The van der Waals surface area contributed by atoms with Crippen LogP contribution in [0.1, 0.15) is 42.5 Å². The molecule has 0 bridgehead atoms. The van der Waals surface area contributed by atoms with Crippen LogP contribution in [-0.2, 0) is 6.54 Å². The maximum Gasteiger partial charge on any atom is 0.167 e. The number of aryl methyl sites for hydroxylation is 1. The number of piperidine rings is 1. The smallest absolute Gasteiger partial charge is 0.167 e. The van der Waals surface area contributed by atoms with E-state index >= 15 is 0 Å². The topological polar surface area (TPSA) is 63.2 Å². The standard InChI is InChI=1S/C25H28N6O/c1-18-26-27-24-17-30(21-8-3-4-9-22(21)31(18)24)14-6-13-29-15-11-19(12-16-29)25-20-7-2-5-10-23(20)32-28-25/h2-5,7-10,19H,6,11-17H2,1H3. The normalized spacial score (nSPS) is 17.0. The molecule has 4 aromatic rings. The van der Waals surface area contributed by atoms with Gasteiger partial charge in [-0.1, -0.05) is 29.4 Å². The van der Waals surface area contributed by atoms with Gasteiger partial charge in [0, 0.05) is 17.8 Å². The van der Waals surface area contributed by atoms with Gasteiger partial charge in [-0.2, -0.15) is 0 Å². The van der Waals surface area contributed by atoms with E-state index < -0.39 is 0 Å². The monoisotopic (exact) mass is 428 g/mol. The van der Waals surface area contributed by atoms with Gasteiger partial charge < -0.3 is 14.3 Å². The summed E-state index contributed by atoms with van der Waals surface area (Å²) in [5.41, 5.74) is 4.51. The Bertz CT molecular complexity index is 1240. The van der Waals surface area contributed by atoms with Crippen LogP contribution in [0.5, 0.6) is 0 Å². The van der Waals surface area contributed by atoms with Crippen LogP contribution in [0.2, 0.25) is 0 Å². The van der Waals surface area contributed by atoms with Crippen LogP contribution in [0, 0.1) is 6.92 Å². The number of likely N-dealkylation sites (tertiary alicyclic amines) is 1. The molecule has 0 atom stereocenters. The molecule has 1 saturated heterocycles. The summed E-state index contributed by atoms with van der Waals surface area (Å²) >= 11 is 0. The fraction of sp³-hybridized carbons (Fsp3) is 0.400. The first-order valence-corrected chi connectivity index (χ1v) is 11.6. The molecule has 2 aliphatic rings. The average Bonchev–Trinajstić information content (AvgIpc) is 3.43. The third-order valence-corrected chi connectivity index (χ3v) is 6.97. The van der Waals surface area contributed by atoms with E-state index in [4.69, 9.17) is 4.52 Å². The number of fused-ring (bicyclic) bond motifs is 4. The molecule has 0 unspecified atom stereocenters. The van der Waals surface area contributed by atoms with Gasteiger partial charge in [0.05, 0.1) is 23.6 Å². The minimum absolute atomic E-state index is 0.499. The predicted molar refractivity (Wildman–Crippen MR) is 124 cm³/mol. The number of rotatable bonds is 5. The van der Waals surface area contributed by atoms with Gasteiger partial charge >= 0.3 is 0 Å². The van der Waals surface area contributed by atoms with Crippen LogP contribution in [-0.4, -0.2) is 51.0 Å². The van der Waals surface area contributed by atoms with E-state index in [9.17, 15) is 0 Å². The lowest BCUT2D eigenvalue weighted by molar-refractivity contribution is 0.208. The highest BCUT2D eigenvalue weighted by molar-refractivity contribution is 5.79. The number of para-hydroxylation sites is 3. The van der Waals surface area contributed by atoms with Crippen LogP contribution >= 0.6 is 0 Å². The van der Waals surface area contributed by atoms with Crippen molar-refractivity contribution in [3.63, 3.8) is 0 Å². The molecule has 0 amide bonds. The number of aromatic nitrogens is 4. The summed E-state index contributed by atoms with van der Waals surface area (Å²) in [6, 6.07) is 16.8. The molecule has 0 radical (unpaired) electrons. The number of anilines is 1. The van der Waals surface area contributed by atoms with E-state index in [0.29, 0.717) is 5.92 Å². The molecule has 6 rings (SSSR count).